The Morgan fingerprint density at radius 2 is 2.20 bits per heavy atom. The smallest absolute Gasteiger partial charge is 0.201 e. The average Bonchev–Trinajstić information content (AvgIpc) is 1.98. The Hall–Kier alpha value is -0.590. The Morgan fingerprint density at radius 1 is 1.50 bits per heavy atom. The molecular formula is C9H15O. The van der Waals surface area contributed by atoms with Gasteiger partial charge in [0.1, 0.15) is 0 Å². The van der Waals surface area contributed by atoms with Gasteiger partial charge >= 0.3 is 0 Å². The molecule has 0 spiro atoms. The quantitative estimate of drug-likeness (QED) is 0.535. The van der Waals surface area contributed by atoms with Gasteiger partial charge in [0, 0.05) is 5.92 Å². The minimum Gasteiger partial charge on any atom is -0.291 e. The van der Waals surface area contributed by atoms with Crippen LogP contribution in [-0.2, 0) is 4.79 Å². The number of allylic oxidation sites excluding steroid dienone is 2. The molecule has 0 aliphatic heterocycles. The van der Waals surface area contributed by atoms with Crippen molar-refractivity contribution < 1.29 is 4.79 Å². The highest BCUT2D eigenvalue weighted by molar-refractivity contribution is 5.53. The van der Waals surface area contributed by atoms with E-state index in [9.17, 15) is 4.79 Å². The molecule has 0 saturated heterocycles. The highest BCUT2D eigenvalue weighted by Crippen LogP contribution is 2.02. The van der Waals surface area contributed by atoms with Gasteiger partial charge in [0.2, 0.25) is 6.29 Å². The van der Waals surface area contributed by atoms with Crippen molar-refractivity contribution in [3.63, 3.8) is 0 Å². The van der Waals surface area contributed by atoms with Crippen molar-refractivity contribution in [2.45, 2.75) is 33.1 Å². The second-order valence-corrected chi connectivity index (χ2v) is 2.48. The van der Waals surface area contributed by atoms with E-state index in [0.717, 1.165) is 19.3 Å². The second kappa shape index (κ2) is 6.53. The first kappa shape index (κ1) is 9.41. The van der Waals surface area contributed by atoms with Crippen molar-refractivity contribution >= 4 is 6.29 Å². The van der Waals surface area contributed by atoms with Crippen LogP contribution in [0.3, 0.4) is 0 Å². The van der Waals surface area contributed by atoms with Crippen LogP contribution < -0.4 is 0 Å². The molecule has 10 heavy (non-hydrogen) atoms. The van der Waals surface area contributed by atoms with Crippen LogP contribution in [0.25, 0.3) is 0 Å². The summed E-state index contributed by atoms with van der Waals surface area (Å²) in [5.74, 6) is 0.0986. The molecule has 0 bridgehead atoms. The van der Waals surface area contributed by atoms with E-state index in [1.807, 2.05) is 13.2 Å². The zero-order valence-electron chi connectivity index (χ0n) is 6.76. The van der Waals surface area contributed by atoms with E-state index >= 15 is 0 Å². The normalized spacial score (nSPS) is 13.8. The molecule has 0 N–H and O–H groups in total. The topological polar surface area (TPSA) is 17.1 Å². The summed E-state index contributed by atoms with van der Waals surface area (Å²) >= 11 is 0. The molecule has 57 valence electrons. The summed E-state index contributed by atoms with van der Waals surface area (Å²) in [4.78, 5) is 10.0. The zero-order valence-corrected chi connectivity index (χ0v) is 6.76. The van der Waals surface area contributed by atoms with Crippen LogP contribution >= 0.6 is 0 Å². The van der Waals surface area contributed by atoms with Crippen molar-refractivity contribution in [3.8, 4) is 0 Å². The Labute approximate surface area is 63.1 Å². The van der Waals surface area contributed by atoms with Crippen molar-refractivity contribution in [2.75, 3.05) is 0 Å². The van der Waals surface area contributed by atoms with E-state index < -0.39 is 0 Å². The van der Waals surface area contributed by atoms with E-state index in [0.29, 0.717) is 0 Å². The SMILES string of the molecule is CCC=CCCC(C)[C]=O. The molecule has 0 heterocycles. The Balaban J connectivity index is 3.18. The number of hydrogen-bond acceptors (Lipinski definition) is 1. The van der Waals surface area contributed by atoms with E-state index in [2.05, 4.69) is 19.1 Å². The van der Waals surface area contributed by atoms with Gasteiger partial charge in [-0.2, -0.15) is 0 Å². The highest BCUT2D eigenvalue weighted by Gasteiger charge is 1.96. The van der Waals surface area contributed by atoms with Crippen LogP contribution in [-0.4, -0.2) is 6.29 Å². The monoisotopic (exact) mass is 139 g/mol. The maximum Gasteiger partial charge on any atom is 0.201 e. The third kappa shape index (κ3) is 5.54. The first-order valence-electron chi connectivity index (χ1n) is 3.84. The predicted molar refractivity (Wildman–Crippen MR) is 43.5 cm³/mol. The lowest BCUT2D eigenvalue weighted by Gasteiger charge is -1.95. The van der Waals surface area contributed by atoms with Gasteiger partial charge in [-0.05, 0) is 19.3 Å². The number of carbonyl (C=O) groups excluding carboxylic acids is 1. The molecule has 0 aromatic heterocycles. The molecule has 1 heteroatoms. The van der Waals surface area contributed by atoms with Crippen molar-refractivity contribution in [1.29, 1.82) is 0 Å². The van der Waals surface area contributed by atoms with Crippen LogP contribution in [0.5, 0.6) is 0 Å². The first-order chi connectivity index (χ1) is 4.81. The molecule has 1 nitrogen and oxygen atoms in total. The van der Waals surface area contributed by atoms with Crippen molar-refractivity contribution in [1.82, 2.24) is 0 Å². The van der Waals surface area contributed by atoms with Crippen LogP contribution in [0, 0.1) is 5.92 Å². The van der Waals surface area contributed by atoms with E-state index in [4.69, 9.17) is 0 Å². The van der Waals surface area contributed by atoms with Gasteiger partial charge in [0.25, 0.3) is 0 Å². The molecule has 0 fully saturated rings. The Bertz CT molecular complexity index is 105. The van der Waals surface area contributed by atoms with Gasteiger partial charge in [0.05, 0.1) is 0 Å². The van der Waals surface area contributed by atoms with Crippen LogP contribution in [0.2, 0.25) is 0 Å². The molecule has 0 aliphatic carbocycles. The molecule has 0 aromatic carbocycles. The van der Waals surface area contributed by atoms with E-state index in [1.54, 1.807) is 0 Å². The molecule has 0 rings (SSSR count). The number of hydrogen-bond donors (Lipinski definition) is 0. The van der Waals surface area contributed by atoms with Gasteiger partial charge in [-0.25, -0.2) is 0 Å². The largest absolute Gasteiger partial charge is 0.291 e. The minimum atomic E-state index is 0.0986. The first-order valence-corrected chi connectivity index (χ1v) is 3.84. The summed E-state index contributed by atoms with van der Waals surface area (Å²) in [6.45, 7) is 4.00. The van der Waals surface area contributed by atoms with Crippen LogP contribution in [0.15, 0.2) is 12.2 Å². The molecule has 0 saturated carbocycles. The Morgan fingerprint density at radius 3 is 2.70 bits per heavy atom. The van der Waals surface area contributed by atoms with E-state index in [-0.39, 0.29) is 5.92 Å². The van der Waals surface area contributed by atoms with Crippen molar-refractivity contribution in [3.05, 3.63) is 12.2 Å². The molecule has 1 radical (unpaired) electrons. The van der Waals surface area contributed by atoms with Gasteiger partial charge in [-0.3, -0.25) is 4.79 Å². The lowest BCUT2D eigenvalue weighted by molar-refractivity contribution is 0.521. The molecule has 0 aromatic rings. The summed E-state index contributed by atoms with van der Waals surface area (Å²) in [5, 5.41) is 0. The zero-order chi connectivity index (χ0) is 7.82. The summed E-state index contributed by atoms with van der Waals surface area (Å²) in [6.07, 6.45) is 9.22. The highest BCUT2D eigenvalue weighted by atomic mass is 16.1. The fraction of sp³-hybridized carbons (Fsp3) is 0.667. The van der Waals surface area contributed by atoms with E-state index in [1.165, 1.54) is 0 Å². The minimum absolute atomic E-state index is 0.0986. The summed E-state index contributed by atoms with van der Waals surface area (Å²) in [7, 11) is 0. The predicted octanol–water partition coefficient (Wildman–Crippen LogP) is 2.48. The maximum atomic E-state index is 10.0. The summed E-state index contributed by atoms with van der Waals surface area (Å²) in [5.41, 5.74) is 0. The molecule has 0 aliphatic rings. The fourth-order valence-corrected chi connectivity index (χ4v) is 0.690. The Kier molecular flexibility index (Phi) is 6.14. The summed E-state index contributed by atoms with van der Waals surface area (Å²) < 4.78 is 0. The third-order valence-corrected chi connectivity index (χ3v) is 1.37. The van der Waals surface area contributed by atoms with Crippen LogP contribution in [0.4, 0.5) is 0 Å². The summed E-state index contributed by atoms with van der Waals surface area (Å²) in [6, 6.07) is 0. The lowest BCUT2D eigenvalue weighted by Crippen LogP contribution is -1.93. The second-order valence-electron chi connectivity index (χ2n) is 2.48. The lowest BCUT2D eigenvalue weighted by atomic mass is 10.1. The average molecular weight is 139 g/mol. The van der Waals surface area contributed by atoms with Gasteiger partial charge in [-0.1, -0.05) is 26.0 Å². The van der Waals surface area contributed by atoms with Gasteiger partial charge < -0.3 is 0 Å². The van der Waals surface area contributed by atoms with Gasteiger partial charge in [-0.15, -0.1) is 0 Å². The van der Waals surface area contributed by atoms with Crippen molar-refractivity contribution in [2.24, 2.45) is 5.92 Å². The maximum absolute atomic E-state index is 10.0. The molecule has 1 atom stereocenters. The molecule has 1 unspecified atom stereocenters. The number of rotatable bonds is 5. The van der Waals surface area contributed by atoms with Crippen LogP contribution in [0.1, 0.15) is 33.1 Å². The third-order valence-electron chi connectivity index (χ3n) is 1.37. The molecule has 0 amide bonds. The fourth-order valence-electron chi connectivity index (χ4n) is 0.690. The standard InChI is InChI=1S/C9H15O/c1-3-4-5-6-7-9(2)8-10/h4-5,9H,3,6-7H2,1-2H3. The van der Waals surface area contributed by atoms with Gasteiger partial charge in [0.15, 0.2) is 0 Å². The molecular weight excluding hydrogens is 124 g/mol.